The molecule has 2 aromatic heterocycles. The molecular weight excluding hydrogens is 398 g/mol. The largest absolute Gasteiger partial charge is 0.497 e. The summed E-state index contributed by atoms with van der Waals surface area (Å²) in [6, 6.07) is 6.66. The molecule has 0 saturated carbocycles. The minimum Gasteiger partial charge on any atom is -0.497 e. The summed E-state index contributed by atoms with van der Waals surface area (Å²) in [6.45, 7) is 0.0479. The van der Waals surface area contributed by atoms with Gasteiger partial charge >= 0.3 is 5.69 Å². The standard InChI is InChI=1S/C19H21N3O6S/c1-26-8-7-21-18(24)17-14(6-9-29-17)22(19(21)25)11-16(23)20-13-10-12(27-2)4-5-15(13)28-3/h4-6,9-10H,7-8,11H2,1-3H3,(H,20,23). The molecule has 0 bridgehead atoms. The van der Waals surface area contributed by atoms with Crippen LogP contribution in [0.25, 0.3) is 10.2 Å². The molecule has 9 nitrogen and oxygen atoms in total. The fourth-order valence-corrected chi connectivity index (χ4v) is 3.75. The van der Waals surface area contributed by atoms with Crippen LogP contribution in [0.1, 0.15) is 0 Å². The Morgan fingerprint density at radius 3 is 2.59 bits per heavy atom. The predicted molar refractivity (Wildman–Crippen MR) is 110 cm³/mol. The van der Waals surface area contributed by atoms with Gasteiger partial charge in [-0.3, -0.25) is 18.7 Å². The number of nitrogens with one attached hydrogen (secondary N) is 1. The summed E-state index contributed by atoms with van der Waals surface area (Å²) < 4.78 is 18.2. The highest BCUT2D eigenvalue weighted by Crippen LogP contribution is 2.28. The average molecular weight is 419 g/mol. The van der Waals surface area contributed by atoms with Crippen LogP contribution in [0, 0.1) is 0 Å². The number of hydrogen-bond acceptors (Lipinski definition) is 7. The first-order chi connectivity index (χ1) is 14.0. The summed E-state index contributed by atoms with van der Waals surface area (Å²) in [5, 5.41) is 4.45. The first-order valence-corrected chi connectivity index (χ1v) is 9.59. The molecule has 0 saturated heterocycles. The maximum Gasteiger partial charge on any atom is 0.332 e. The molecule has 0 radical (unpaired) electrons. The van der Waals surface area contributed by atoms with Gasteiger partial charge in [0, 0.05) is 13.2 Å². The van der Waals surface area contributed by atoms with Crippen molar-refractivity contribution in [3.8, 4) is 11.5 Å². The first kappa shape index (κ1) is 20.6. The van der Waals surface area contributed by atoms with Crippen molar-refractivity contribution in [2.24, 2.45) is 0 Å². The molecule has 154 valence electrons. The summed E-state index contributed by atoms with van der Waals surface area (Å²) in [6.07, 6.45) is 0. The molecule has 10 heteroatoms. The van der Waals surface area contributed by atoms with Gasteiger partial charge in [0.15, 0.2) is 0 Å². The molecule has 1 amide bonds. The molecule has 0 aliphatic carbocycles. The van der Waals surface area contributed by atoms with Crippen molar-refractivity contribution < 1.29 is 19.0 Å². The molecule has 0 fully saturated rings. The molecule has 0 spiro atoms. The highest BCUT2D eigenvalue weighted by Gasteiger charge is 2.17. The molecule has 0 atom stereocenters. The number of thiophene rings is 1. The van der Waals surface area contributed by atoms with Gasteiger partial charge in [-0.1, -0.05) is 0 Å². The molecule has 29 heavy (non-hydrogen) atoms. The summed E-state index contributed by atoms with van der Waals surface area (Å²) in [5.41, 5.74) is -0.112. The number of benzene rings is 1. The van der Waals surface area contributed by atoms with Gasteiger partial charge in [0.05, 0.1) is 38.6 Å². The first-order valence-electron chi connectivity index (χ1n) is 8.71. The fourth-order valence-electron chi connectivity index (χ4n) is 2.91. The van der Waals surface area contributed by atoms with E-state index in [-0.39, 0.29) is 25.3 Å². The van der Waals surface area contributed by atoms with Crippen molar-refractivity contribution in [2.45, 2.75) is 13.1 Å². The monoisotopic (exact) mass is 419 g/mol. The molecule has 3 rings (SSSR count). The maximum absolute atomic E-state index is 12.9. The van der Waals surface area contributed by atoms with E-state index < -0.39 is 11.6 Å². The van der Waals surface area contributed by atoms with Crippen molar-refractivity contribution in [3.63, 3.8) is 0 Å². The lowest BCUT2D eigenvalue weighted by atomic mass is 10.2. The number of hydrogen-bond donors (Lipinski definition) is 1. The van der Waals surface area contributed by atoms with Crippen LogP contribution in [0.5, 0.6) is 11.5 Å². The van der Waals surface area contributed by atoms with Crippen LogP contribution >= 0.6 is 11.3 Å². The smallest absolute Gasteiger partial charge is 0.332 e. The molecule has 1 aromatic carbocycles. The second-order valence-electron chi connectivity index (χ2n) is 6.07. The predicted octanol–water partition coefficient (Wildman–Crippen LogP) is 1.53. The highest BCUT2D eigenvalue weighted by atomic mass is 32.1. The minimum atomic E-state index is -0.564. The van der Waals surface area contributed by atoms with Gasteiger partial charge in [-0.05, 0) is 23.6 Å². The molecule has 0 aliphatic heterocycles. The van der Waals surface area contributed by atoms with E-state index in [0.717, 1.165) is 4.57 Å². The van der Waals surface area contributed by atoms with E-state index in [1.54, 1.807) is 29.6 Å². The summed E-state index contributed by atoms with van der Waals surface area (Å²) in [4.78, 5) is 38.1. The van der Waals surface area contributed by atoms with Gasteiger partial charge in [0.25, 0.3) is 5.56 Å². The average Bonchev–Trinajstić information content (AvgIpc) is 3.21. The van der Waals surface area contributed by atoms with Crippen LogP contribution < -0.4 is 26.0 Å². The van der Waals surface area contributed by atoms with E-state index in [9.17, 15) is 14.4 Å². The second kappa shape index (κ2) is 8.93. The SMILES string of the molecule is COCCn1c(=O)c2sccc2n(CC(=O)Nc2cc(OC)ccc2OC)c1=O. The zero-order valence-electron chi connectivity index (χ0n) is 16.3. The lowest BCUT2D eigenvalue weighted by Crippen LogP contribution is -2.42. The van der Waals surface area contributed by atoms with E-state index in [1.165, 1.54) is 37.2 Å². The number of fused-ring (bicyclic) bond motifs is 1. The lowest BCUT2D eigenvalue weighted by molar-refractivity contribution is -0.116. The number of nitrogens with zero attached hydrogens (tertiary/aromatic N) is 2. The van der Waals surface area contributed by atoms with Gasteiger partial charge in [-0.2, -0.15) is 0 Å². The van der Waals surface area contributed by atoms with Gasteiger partial charge in [0.1, 0.15) is 22.7 Å². The highest BCUT2D eigenvalue weighted by molar-refractivity contribution is 7.17. The Morgan fingerprint density at radius 2 is 1.90 bits per heavy atom. The quantitative estimate of drug-likeness (QED) is 0.594. The number of ether oxygens (including phenoxy) is 3. The molecule has 0 unspecified atom stereocenters. The van der Waals surface area contributed by atoms with Gasteiger partial charge in [0.2, 0.25) is 5.91 Å². The van der Waals surface area contributed by atoms with Crippen molar-refractivity contribution >= 4 is 33.1 Å². The van der Waals surface area contributed by atoms with E-state index >= 15 is 0 Å². The zero-order chi connectivity index (χ0) is 21.0. The number of methoxy groups -OCH3 is 3. The summed E-state index contributed by atoms with van der Waals surface area (Å²) in [7, 11) is 4.49. The van der Waals surface area contributed by atoms with Crippen molar-refractivity contribution in [3.05, 3.63) is 50.5 Å². The maximum atomic E-state index is 12.9. The van der Waals surface area contributed by atoms with Crippen LogP contribution in [-0.2, 0) is 22.6 Å². The molecule has 1 N–H and O–H groups in total. The Hall–Kier alpha value is -3.11. The Kier molecular flexibility index (Phi) is 6.35. The van der Waals surface area contributed by atoms with Crippen LogP contribution in [0.3, 0.4) is 0 Å². The number of carbonyl (C=O) groups is 1. The Labute approximate surface area is 170 Å². The van der Waals surface area contributed by atoms with Crippen molar-refractivity contribution in [2.75, 3.05) is 33.3 Å². The number of carbonyl (C=O) groups excluding carboxylic acids is 1. The van der Waals surface area contributed by atoms with Gasteiger partial charge in [-0.25, -0.2) is 4.79 Å². The van der Waals surface area contributed by atoms with E-state index in [0.29, 0.717) is 27.4 Å². The normalized spacial score (nSPS) is 10.9. The number of amides is 1. The van der Waals surface area contributed by atoms with Crippen LogP contribution in [0.2, 0.25) is 0 Å². The van der Waals surface area contributed by atoms with Crippen molar-refractivity contribution in [1.82, 2.24) is 9.13 Å². The Balaban J connectivity index is 1.96. The second-order valence-corrected chi connectivity index (χ2v) is 6.98. The molecular formula is C19H21N3O6S. The van der Waals surface area contributed by atoms with Gasteiger partial charge < -0.3 is 19.5 Å². The third kappa shape index (κ3) is 4.17. The zero-order valence-corrected chi connectivity index (χ0v) is 17.1. The lowest BCUT2D eigenvalue weighted by Gasteiger charge is -2.14. The number of rotatable bonds is 8. The fraction of sp³-hybridized carbons (Fsp3) is 0.316. The summed E-state index contributed by atoms with van der Waals surface area (Å²) >= 11 is 1.22. The van der Waals surface area contributed by atoms with Crippen LogP contribution in [-0.4, -0.2) is 43.0 Å². The van der Waals surface area contributed by atoms with E-state index in [1.807, 2.05) is 0 Å². The summed E-state index contributed by atoms with van der Waals surface area (Å²) in [5.74, 6) is 0.562. The Morgan fingerprint density at radius 1 is 1.10 bits per heavy atom. The minimum absolute atomic E-state index is 0.104. The number of anilines is 1. The van der Waals surface area contributed by atoms with E-state index in [2.05, 4.69) is 5.32 Å². The van der Waals surface area contributed by atoms with Gasteiger partial charge in [-0.15, -0.1) is 11.3 Å². The number of aromatic nitrogens is 2. The topological polar surface area (TPSA) is 101 Å². The Bertz CT molecular complexity index is 1150. The van der Waals surface area contributed by atoms with Crippen LogP contribution in [0.4, 0.5) is 5.69 Å². The van der Waals surface area contributed by atoms with Crippen molar-refractivity contribution in [1.29, 1.82) is 0 Å². The third-order valence-corrected chi connectivity index (χ3v) is 5.23. The van der Waals surface area contributed by atoms with E-state index in [4.69, 9.17) is 14.2 Å². The molecule has 3 aromatic rings. The molecule has 2 heterocycles. The van der Waals surface area contributed by atoms with Crippen LogP contribution in [0.15, 0.2) is 39.2 Å². The molecule has 0 aliphatic rings. The third-order valence-electron chi connectivity index (χ3n) is 4.34.